The first-order chi connectivity index (χ1) is 12.5. The van der Waals surface area contributed by atoms with Crippen LogP contribution in [0.4, 0.5) is 0 Å². The third-order valence-electron chi connectivity index (χ3n) is 4.05. The summed E-state index contributed by atoms with van der Waals surface area (Å²) in [6.45, 7) is 4.00. The highest BCUT2D eigenvalue weighted by Gasteiger charge is 2.15. The van der Waals surface area contributed by atoms with Gasteiger partial charge in [-0.1, -0.05) is 49.3 Å². The van der Waals surface area contributed by atoms with Crippen LogP contribution in [0.5, 0.6) is 0 Å². The van der Waals surface area contributed by atoms with Crippen LogP contribution in [0.2, 0.25) is 0 Å². The number of nitrogens with one attached hydrogen (secondary N) is 1. The summed E-state index contributed by atoms with van der Waals surface area (Å²) in [4.78, 5) is 11.5. The van der Waals surface area contributed by atoms with Crippen LogP contribution in [0.25, 0.3) is 5.57 Å². The standard InChI is InChI=1S/C16H17NO.C8H6.H2/c1-3-4-5-16(17)13-7-6-12-9-14(18)8-11(2)15(12)10-13;1-2-8-6-4-3-5-7-8;/h4-8,10,17H,3,9H2,1-2H3;1,3-7H;1H/b5-4-,17-16?;;. The lowest BCUT2D eigenvalue weighted by atomic mass is 9.89. The van der Waals surface area contributed by atoms with Crippen LogP contribution < -0.4 is 0 Å². The van der Waals surface area contributed by atoms with E-state index in [0.717, 1.165) is 34.2 Å². The quantitative estimate of drug-likeness (QED) is 0.583. The fourth-order valence-electron chi connectivity index (χ4n) is 2.69. The van der Waals surface area contributed by atoms with Crippen LogP contribution in [-0.2, 0) is 11.2 Å². The van der Waals surface area contributed by atoms with Gasteiger partial charge in [0.05, 0.1) is 5.71 Å². The first kappa shape index (κ1) is 19.1. The van der Waals surface area contributed by atoms with Crippen molar-refractivity contribution in [2.24, 2.45) is 0 Å². The van der Waals surface area contributed by atoms with E-state index >= 15 is 0 Å². The van der Waals surface area contributed by atoms with Gasteiger partial charge in [-0.25, -0.2) is 0 Å². The van der Waals surface area contributed by atoms with Crippen LogP contribution in [0, 0.1) is 17.8 Å². The summed E-state index contributed by atoms with van der Waals surface area (Å²) in [5, 5.41) is 7.98. The summed E-state index contributed by atoms with van der Waals surface area (Å²) in [6, 6.07) is 15.5. The molecule has 0 amide bonds. The first-order valence-electron chi connectivity index (χ1n) is 8.66. The molecule has 2 nitrogen and oxygen atoms in total. The molecule has 1 aliphatic carbocycles. The molecule has 0 heterocycles. The van der Waals surface area contributed by atoms with Crippen molar-refractivity contribution in [1.82, 2.24) is 0 Å². The van der Waals surface area contributed by atoms with E-state index in [1.807, 2.05) is 67.6 Å². The lowest BCUT2D eigenvalue weighted by molar-refractivity contribution is -0.114. The van der Waals surface area contributed by atoms with Crippen LogP contribution in [0.3, 0.4) is 0 Å². The molecule has 3 rings (SSSR count). The highest BCUT2D eigenvalue weighted by atomic mass is 16.1. The van der Waals surface area contributed by atoms with Crippen molar-refractivity contribution in [1.29, 1.82) is 5.41 Å². The van der Waals surface area contributed by atoms with Crippen LogP contribution >= 0.6 is 0 Å². The molecule has 0 atom stereocenters. The van der Waals surface area contributed by atoms with Crippen molar-refractivity contribution in [2.45, 2.75) is 26.7 Å². The maximum absolute atomic E-state index is 11.5. The number of hydrogen-bond donors (Lipinski definition) is 1. The Bertz CT molecular complexity index is 902. The molecule has 26 heavy (non-hydrogen) atoms. The first-order valence-corrected chi connectivity index (χ1v) is 8.66. The van der Waals surface area contributed by atoms with E-state index in [0.29, 0.717) is 12.1 Å². The van der Waals surface area contributed by atoms with Gasteiger partial charge in [0.15, 0.2) is 5.78 Å². The second-order valence-corrected chi connectivity index (χ2v) is 6.08. The average Bonchev–Trinajstić information content (AvgIpc) is 2.67. The predicted octanol–water partition coefficient (Wildman–Crippen LogP) is 5.46. The van der Waals surface area contributed by atoms with Gasteiger partial charge >= 0.3 is 0 Å². The van der Waals surface area contributed by atoms with Crippen molar-refractivity contribution in [3.05, 3.63) is 89.0 Å². The topological polar surface area (TPSA) is 40.9 Å². The minimum Gasteiger partial charge on any atom is -0.300 e. The summed E-state index contributed by atoms with van der Waals surface area (Å²) < 4.78 is 0. The van der Waals surface area contributed by atoms with Crippen molar-refractivity contribution in [3.63, 3.8) is 0 Å². The fraction of sp³-hybridized carbons (Fsp3) is 0.167. The van der Waals surface area contributed by atoms with E-state index < -0.39 is 0 Å². The van der Waals surface area contributed by atoms with Gasteiger partial charge in [0.25, 0.3) is 0 Å². The van der Waals surface area contributed by atoms with Gasteiger partial charge in [0, 0.05) is 13.4 Å². The minimum absolute atomic E-state index is 0. The summed E-state index contributed by atoms with van der Waals surface area (Å²) in [6.07, 6.45) is 12.0. The Hall–Kier alpha value is -3.18. The number of carbonyl (C=O) groups is 1. The zero-order valence-corrected chi connectivity index (χ0v) is 15.3. The Kier molecular flexibility index (Phi) is 6.88. The van der Waals surface area contributed by atoms with E-state index in [1.165, 1.54) is 0 Å². The molecular weight excluding hydrogens is 318 g/mol. The third kappa shape index (κ3) is 5.16. The molecule has 0 spiro atoms. The number of carbonyl (C=O) groups excluding carboxylic acids is 1. The SMILES string of the molecule is C#Cc1ccccc1.CC/C=C\C(=N)c1ccc2c(c1)C(C)=CC(=O)C2.[HH]. The Morgan fingerprint density at radius 2 is 2.00 bits per heavy atom. The number of fused-ring (bicyclic) bond motifs is 1. The zero-order chi connectivity index (χ0) is 18.9. The van der Waals surface area contributed by atoms with Crippen LogP contribution in [0.1, 0.15) is 43.9 Å². The molecule has 0 aliphatic heterocycles. The number of terminal acetylenes is 1. The molecule has 1 N–H and O–H groups in total. The molecular formula is C24H25NO. The van der Waals surface area contributed by atoms with E-state index in [9.17, 15) is 4.79 Å². The van der Waals surface area contributed by atoms with Gasteiger partial charge in [-0.2, -0.15) is 0 Å². The van der Waals surface area contributed by atoms with Gasteiger partial charge < -0.3 is 5.41 Å². The lowest BCUT2D eigenvalue weighted by Gasteiger charge is -2.15. The van der Waals surface area contributed by atoms with Crippen molar-refractivity contribution in [2.75, 3.05) is 0 Å². The molecule has 0 radical (unpaired) electrons. The monoisotopic (exact) mass is 343 g/mol. The summed E-state index contributed by atoms with van der Waals surface area (Å²) >= 11 is 0. The van der Waals surface area contributed by atoms with E-state index in [4.69, 9.17) is 11.8 Å². The number of rotatable bonds is 3. The Balaban J connectivity index is 0.000000342. The molecule has 0 aromatic heterocycles. The molecule has 0 saturated heterocycles. The van der Waals surface area contributed by atoms with Crippen molar-refractivity contribution in [3.8, 4) is 12.3 Å². The van der Waals surface area contributed by atoms with Crippen LogP contribution in [-0.4, -0.2) is 11.5 Å². The average molecular weight is 343 g/mol. The zero-order valence-electron chi connectivity index (χ0n) is 15.3. The predicted molar refractivity (Wildman–Crippen MR) is 112 cm³/mol. The second-order valence-electron chi connectivity index (χ2n) is 6.08. The highest BCUT2D eigenvalue weighted by molar-refractivity contribution is 6.08. The largest absolute Gasteiger partial charge is 0.300 e. The molecule has 2 aromatic rings. The number of benzene rings is 2. The van der Waals surface area contributed by atoms with Crippen molar-refractivity contribution < 1.29 is 6.22 Å². The van der Waals surface area contributed by atoms with Gasteiger partial charge in [-0.15, -0.1) is 6.42 Å². The van der Waals surface area contributed by atoms with Crippen LogP contribution in [0.15, 0.2) is 66.8 Å². The smallest absolute Gasteiger partial charge is 0.160 e. The molecule has 0 saturated carbocycles. The Labute approximate surface area is 157 Å². The molecule has 2 aromatic carbocycles. The summed E-state index contributed by atoms with van der Waals surface area (Å²) in [5.41, 5.74) is 5.52. The summed E-state index contributed by atoms with van der Waals surface area (Å²) in [5.74, 6) is 2.69. The van der Waals surface area contributed by atoms with E-state index in [2.05, 4.69) is 12.8 Å². The van der Waals surface area contributed by atoms with Gasteiger partial charge in [-0.05, 0) is 66.0 Å². The lowest BCUT2D eigenvalue weighted by Crippen LogP contribution is -2.09. The van der Waals surface area contributed by atoms with Gasteiger partial charge in [0.1, 0.15) is 0 Å². The molecule has 0 unspecified atom stereocenters. The van der Waals surface area contributed by atoms with Gasteiger partial charge in [0.2, 0.25) is 0 Å². The number of hydrogen-bond acceptors (Lipinski definition) is 2. The number of ketones is 1. The van der Waals surface area contributed by atoms with Crippen molar-refractivity contribution >= 4 is 17.1 Å². The third-order valence-corrected chi connectivity index (χ3v) is 4.05. The van der Waals surface area contributed by atoms with E-state index in [-0.39, 0.29) is 7.21 Å². The molecule has 0 fully saturated rings. The fourth-order valence-corrected chi connectivity index (χ4v) is 2.69. The molecule has 2 heteroatoms. The second kappa shape index (κ2) is 9.34. The number of allylic oxidation sites excluding steroid dienone is 4. The maximum atomic E-state index is 11.5. The Morgan fingerprint density at radius 1 is 1.27 bits per heavy atom. The minimum atomic E-state index is 0. The maximum Gasteiger partial charge on any atom is 0.160 e. The van der Waals surface area contributed by atoms with Gasteiger partial charge in [-0.3, -0.25) is 4.79 Å². The highest BCUT2D eigenvalue weighted by Crippen LogP contribution is 2.25. The van der Waals surface area contributed by atoms with E-state index in [1.54, 1.807) is 6.08 Å². The Morgan fingerprint density at radius 3 is 2.62 bits per heavy atom. The molecule has 0 bridgehead atoms. The summed E-state index contributed by atoms with van der Waals surface area (Å²) in [7, 11) is 0. The molecule has 1 aliphatic rings. The molecule has 132 valence electrons. The normalized spacial score (nSPS) is 12.5.